The number of benzene rings is 1. The van der Waals surface area contributed by atoms with Crippen molar-refractivity contribution in [1.82, 2.24) is 0 Å². The van der Waals surface area contributed by atoms with E-state index in [4.69, 9.17) is 14.2 Å². The first-order valence-electron chi connectivity index (χ1n) is 7.21. The maximum absolute atomic E-state index is 11.2. The molecule has 116 valence electrons. The van der Waals surface area contributed by atoms with Gasteiger partial charge in [0.15, 0.2) is 0 Å². The molecule has 1 aliphatic rings. The van der Waals surface area contributed by atoms with Crippen LogP contribution in [0.25, 0.3) is 0 Å². The van der Waals surface area contributed by atoms with Crippen LogP contribution < -0.4 is 14.4 Å². The summed E-state index contributed by atoms with van der Waals surface area (Å²) in [5.41, 5.74) is 1.08. The number of carbonyl (C=O) groups is 1. The quantitative estimate of drug-likeness (QED) is 0.754. The Morgan fingerprint density at radius 3 is 2.76 bits per heavy atom. The minimum Gasteiger partial charge on any atom is -0.497 e. The predicted molar refractivity (Wildman–Crippen MR) is 81.1 cm³/mol. The van der Waals surface area contributed by atoms with Crippen LogP contribution in [0.5, 0.6) is 11.5 Å². The second-order valence-electron chi connectivity index (χ2n) is 5.25. The van der Waals surface area contributed by atoms with Gasteiger partial charge in [0.05, 0.1) is 27.0 Å². The zero-order chi connectivity index (χ0) is 15.2. The third-order valence-corrected chi connectivity index (χ3v) is 4.00. The first-order chi connectivity index (χ1) is 10.2. The molecule has 21 heavy (non-hydrogen) atoms. The van der Waals surface area contributed by atoms with Gasteiger partial charge in [-0.3, -0.25) is 4.79 Å². The fourth-order valence-electron chi connectivity index (χ4n) is 2.76. The normalized spacial score (nSPS) is 17.7. The van der Waals surface area contributed by atoms with E-state index in [2.05, 4.69) is 4.90 Å². The van der Waals surface area contributed by atoms with Crippen LogP contribution in [-0.2, 0) is 9.53 Å². The van der Waals surface area contributed by atoms with E-state index in [1.54, 1.807) is 14.2 Å². The number of ether oxygens (including phenoxy) is 3. The van der Waals surface area contributed by atoms with Crippen molar-refractivity contribution in [3.63, 3.8) is 0 Å². The average Bonchev–Trinajstić information content (AvgIpc) is 3.00. The minimum atomic E-state index is -0.129. The molecule has 0 saturated carbocycles. The van der Waals surface area contributed by atoms with Crippen molar-refractivity contribution in [1.29, 1.82) is 0 Å². The lowest BCUT2D eigenvalue weighted by atomic mass is 10.0. The van der Waals surface area contributed by atoms with Gasteiger partial charge < -0.3 is 19.1 Å². The van der Waals surface area contributed by atoms with E-state index in [0.717, 1.165) is 43.1 Å². The Bertz CT molecular complexity index is 489. The van der Waals surface area contributed by atoms with Crippen molar-refractivity contribution in [2.45, 2.75) is 19.3 Å². The minimum absolute atomic E-state index is 0.129. The molecule has 1 unspecified atom stereocenters. The van der Waals surface area contributed by atoms with Crippen molar-refractivity contribution >= 4 is 11.7 Å². The van der Waals surface area contributed by atoms with Crippen LogP contribution in [0, 0.1) is 5.92 Å². The van der Waals surface area contributed by atoms with Gasteiger partial charge in [0.2, 0.25) is 0 Å². The van der Waals surface area contributed by atoms with Crippen LogP contribution in [0.15, 0.2) is 18.2 Å². The summed E-state index contributed by atoms with van der Waals surface area (Å²) in [6, 6.07) is 5.87. The van der Waals surface area contributed by atoms with Gasteiger partial charge in [-0.05, 0) is 30.9 Å². The van der Waals surface area contributed by atoms with Crippen LogP contribution in [0.2, 0.25) is 0 Å². The Morgan fingerprint density at radius 1 is 1.29 bits per heavy atom. The molecule has 0 spiro atoms. The molecular weight excluding hydrogens is 270 g/mol. The van der Waals surface area contributed by atoms with Gasteiger partial charge in [0.25, 0.3) is 0 Å². The molecule has 0 aromatic heterocycles. The first-order valence-corrected chi connectivity index (χ1v) is 7.21. The maximum Gasteiger partial charge on any atom is 0.305 e. The second-order valence-corrected chi connectivity index (χ2v) is 5.25. The number of anilines is 1. The molecule has 0 aliphatic carbocycles. The summed E-state index contributed by atoms with van der Waals surface area (Å²) in [6.07, 6.45) is 2.46. The fourth-order valence-corrected chi connectivity index (χ4v) is 2.76. The molecule has 2 rings (SSSR count). The number of methoxy groups -OCH3 is 3. The van der Waals surface area contributed by atoms with E-state index in [1.165, 1.54) is 7.11 Å². The van der Waals surface area contributed by atoms with Gasteiger partial charge in [-0.15, -0.1) is 0 Å². The number of carbonyl (C=O) groups excluding carboxylic acids is 1. The third kappa shape index (κ3) is 3.80. The molecule has 5 heteroatoms. The SMILES string of the molecule is COC(=O)CCC1CCN(c2ccc(OC)cc2OC)C1. The zero-order valence-corrected chi connectivity index (χ0v) is 12.9. The lowest BCUT2D eigenvalue weighted by molar-refractivity contribution is -0.140. The largest absolute Gasteiger partial charge is 0.497 e. The molecule has 1 aromatic carbocycles. The smallest absolute Gasteiger partial charge is 0.305 e. The topological polar surface area (TPSA) is 48.0 Å². The number of rotatable bonds is 6. The Labute approximate surface area is 125 Å². The molecule has 1 saturated heterocycles. The van der Waals surface area contributed by atoms with Gasteiger partial charge in [-0.25, -0.2) is 0 Å². The Morgan fingerprint density at radius 2 is 2.10 bits per heavy atom. The molecule has 1 atom stereocenters. The lowest BCUT2D eigenvalue weighted by Crippen LogP contribution is -2.20. The summed E-state index contributed by atoms with van der Waals surface area (Å²) < 4.78 is 15.4. The van der Waals surface area contributed by atoms with Crippen LogP contribution in [0.1, 0.15) is 19.3 Å². The Hall–Kier alpha value is -1.91. The Kier molecular flexibility index (Phi) is 5.31. The van der Waals surface area contributed by atoms with E-state index in [9.17, 15) is 4.79 Å². The summed E-state index contributed by atoms with van der Waals surface area (Å²) in [7, 11) is 4.75. The van der Waals surface area contributed by atoms with Crippen molar-refractivity contribution in [2.24, 2.45) is 5.92 Å². The summed E-state index contributed by atoms with van der Waals surface area (Å²) in [6.45, 7) is 1.92. The highest BCUT2D eigenvalue weighted by atomic mass is 16.5. The van der Waals surface area contributed by atoms with E-state index < -0.39 is 0 Å². The molecule has 5 nitrogen and oxygen atoms in total. The maximum atomic E-state index is 11.2. The number of esters is 1. The van der Waals surface area contributed by atoms with Crippen LogP contribution in [0.4, 0.5) is 5.69 Å². The van der Waals surface area contributed by atoms with Gasteiger partial charge in [-0.2, -0.15) is 0 Å². The summed E-state index contributed by atoms with van der Waals surface area (Å²) >= 11 is 0. The van der Waals surface area contributed by atoms with Crippen molar-refractivity contribution in [3.8, 4) is 11.5 Å². The van der Waals surface area contributed by atoms with E-state index in [0.29, 0.717) is 12.3 Å². The van der Waals surface area contributed by atoms with Crippen LogP contribution >= 0.6 is 0 Å². The third-order valence-electron chi connectivity index (χ3n) is 4.00. The van der Waals surface area contributed by atoms with Crippen molar-refractivity contribution < 1.29 is 19.0 Å². The average molecular weight is 293 g/mol. The standard InChI is InChI=1S/C16H23NO4/c1-19-13-5-6-14(15(10-13)20-2)17-9-8-12(11-17)4-7-16(18)21-3/h5-6,10,12H,4,7-9,11H2,1-3H3. The molecule has 1 aromatic rings. The van der Waals surface area contributed by atoms with Crippen molar-refractivity contribution in [2.75, 3.05) is 39.3 Å². The van der Waals surface area contributed by atoms with Crippen molar-refractivity contribution in [3.05, 3.63) is 18.2 Å². The molecule has 0 N–H and O–H groups in total. The van der Waals surface area contributed by atoms with Gasteiger partial charge in [0, 0.05) is 25.6 Å². The fraction of sp³-hybridized carbons (Fsp3) is 0.562. The highest BCUT2D eigenvalue weighted by Gasteiger charge is 2.25. The number of hydrogen-bond acceptors (Lipinski definition) is 5. The van der Waals surface area contributed by atoms with Gasteiger partial charge >= 0.3 is 5.97 Å². The molecule has 1 aliphatic heterocycles. The monoisotopic (exact) mass is 293 g/mol. The van der Waals surface area contributed by atoms with Gasteiger partial charge in [0.1, 0.15) is 11.5 Å². The van der Waals surface area contributed by atoms with Crippen LogP contribution in [0.3, 0.4) is 0 Å². The molecule has 0 bridgehead atoms. The second kappa shape index (κ2) is 7.20. The summed E-state index contributed by atoms with van der Waals surface area (Å²) in [5.74, 6) is 2.01. The molecule has 0 amide bonds. The predicted octanol–water partition coefficient (Wildman–Crippen LogP) is 2.48. The molecule has 1 heterocycles. The number of hydrogen-bond donors (Lipinski definition) is 0. The molecule has 0 radical (unpaired) electrons. The van der Waals surface area contributed by atoms with Gasteiger partial charge in [-0.1, -0.05) is 0 Å². The van der Waals surface area contributed by atoms with E-state index >= 15 is 0 Å². The van der Waals surface area contributed by atoms with E-state index in [-0.39, 0.29) is 5.97 Å². The van der Waals surface area contributed by atoms with Crippen LogP contribution in [-0.4, -0.2) is 40.4 Å². The van der Waals surface area contributed by atoms with E-state index in [1.807, 2.05) is 18.2 Å². The zero-order valence-electron chi connectivity index (χ0n) is 12.9. The highest BCUT2D eigenvalue weighted by molar-refractivity contribution is 5.69. The lowest BCUT2D eigenvalue weighted by Gasteiger charge is -2.21. The highest BCUT2D eigenvalue weighted by Crippen LogP contribution is 2.35. The Balaban J connectivity index is 1.99. The summed E-state index contributed by atoms with van der Waals surface area (Å²) in [5, 5.41) is 0. The molecule has 1 fully saturated rings. The first kappa shape index (κ1) is 15.5. The molecular formula is C16H23NO4. The summed E-state index contributed by atoms with van der Waals surface area (Å²) in [4.78, 5) is 13.5. The number of nitrogens with zero attached hydrogens (tertiary/aromatic N) is 1.